The van der Waals surface area contributed by atoms with Crippen LogP contribution in [0.2, 0.25) is 0 Å². The van der Waals surface area contributed by atoms with E-state index in [1.807, 2.05) is 0 Å². The van der Waals surface area contributed by atoms with E-state index in [2.05, 4.69) is 30.9 Å². The molecule has 0 unspecified atom stereocenters. The Balaban J connectivity index is -0.00000125. The number of rotatable bonds is 24. The molecule has 1 aromatic rings. The zero-order chi connectivity index (χ0) is 34.6. The number of aliphatic carboxylic acids is 3. The highest BCUT2D eigenvalue weighted by atomic mass is 16.4. The second kappa shape index (κ2) is 36.8. The molecule has 0 aliphatic carbocycles. The molecular weight excluding hydrogens is 594 g/mol. The standard InChI is InChI=1S/C21H36N6O6.3C2H7NO/c28-16(29)10-4-1-7-13-22-19-25-20(23-14-8-2-5-11-17(30)31)27-21(26-19)24-15-9-3-6-12-18(32)33;3*3-1-2-4/h1-15H2,(H,28,29)(H,30,31)(H,32,33)(H3,22,23,24,25,26,27);3*4H,1-3H2. The molecule has 0 atom stereocenters. The lowest BCUT2D eigenvalue weighted by atomic mass is 10.2. The Morgan fingerprint density at radius 3 is 0.867 bits per heavy atom. The third-order valence-electron chi connectivity index (χ3n) is 5.07. The van der Waals surface area contributed by atoms with E-state index in [0.29, 0.717) is 76.4 Å². The summed E-state index contributed by atoms with van der Waals surface area (Å²) in [6.07, 6.45) is 7.07. The Hall–Kier alpha value is -3.42. The second-order valence-electron chi connectivity index (χ2n) is 9.24. The van der Waals surface area contributed by atoms with Crippen molar-refractivity contribution < 1.29 is 45.0 Å². The number of aliphatic hydroxyl groups excluding tert-OH is 3. The van der Waals surface area contributed by atoms with Crippen molar-refractivity contribution in [3.8, 4) is 0 Å². The molecule has 18 heteroatoms. The SMILES string of the molecule is NCCO.NCCO.NCCO.O=C(O)CCCCCNc1nc(NCCCCCC(=O)O)nc(NCCCCCC(=O)O)n1. The lowest BCUT2D eigenvalue weighted by Gasteiger charge is -2.11. The quantitative estimate of drug-likeness (QED) is 0.0646. The number of anilines is 3. The number of nitrogens with zero attached hydrogens (tertiary/aromatic N) is 3. The third kappa shape index (κ3) is 40.6. The highest BCUT2D eigenvalue weighted by Gasteiger charge is 2.07. The van der Waals surface area contributed by atoms with Gasteiger partial charge in [0.15, 0.2) is 0 Å². The van der Waals surface area contributed by atoms with Gasteiger partial charge in [-0.3, -0.25) is 14.4 Å². The summed E-state index contributed by atoms with van der Waals surface area (Å²) < 4.78 is 0. The van der Waals surface area contributed by atoms with E-state index in [0.717, 1.165) is 38.5 Å². The Morgan fingerprint density at radius 2 is 0.689 bits per heavy atom. The number of carboxylic acid groups (broad SMARTS) is 3. The first-order valence-electron chi connectivity index (χ1n) is 15.2. The van der Waals surface area contributed by atoms with Gasteiger partial charge in [-0.2, -0.15) is 15.0 Å². The number of hydrogen-bond donors (Lipinski definition) is 12. The van der Waals surface area contributed by atoms with Crippen molar-refractivity contribution in [2.24, 2.45) is 17.2 Å². The van der Waals surface area contributed by atoms with Gasteiger partial charge >= 0.3 is 17.9 Å². The fraction of sp³-hybridized carbons (Fsp3) is 0.778. The molecule has 0 bridgehead atoms. The van der Waals surface area contributed by atoms with E-state index < -0.39 is 17.9 Å². The first-order valence-corrected chi connectivity index (χ1v) is 15.2. The van der Waals surface area contributed by atoms with Gasteiger partial charge in [-0.25, -0.2) is 0 Å². The minimum absolute atomic E-state index is 0.0972. The maximum absolute atomic E-state index is 10.6. The maximum atomic E-state index is 10.6. The van der Waals surface area contributed by atoms with E-state index in [-0.39, 0.29) is 39.1 Å². The van der Waals surface area contributed by atoms with Crippen LogP contribution in [-0.2, 0) is 14.4 Å². The van der Waals surface area contributed by atoms with Gasteiger partial charge in [-0.05, 0) is 38.5 Å². The summed E-state index contributed by atoms with van der Waals surface area (Å²) >= 11 is 0. The average molecular weight is 652 g/mol. The number of aliphatic hydroxyl groups is 3. The number of carbonyl (C=O) groups is 3. The van der Waals surface area contributed by atoms with Crippen molar-refractivity contribution in [2.75, 3.05) is 75.0 Å². The molecule has 0 radical (unpaired) electrons. The van der Waals surface area contributed by atoms with Crippen molar-refractivity contribution in [3.05, 3.63) is 0 Å². The number of nitrogens with two attached hydrogens (primary N) is 3. The summed E-state index contributed by atoms with van der Waals surface area (Å²) in [6, 6.07) is 0. The van der Waals surface area contributed by atoms with E-state index in [1.165, 1.54) is 0 Å². The topological polar surface area (TPSA) is 325 Å². The fourth-order valence-electron chi connectivity index (χ4n) is 2.95. The number of carboxylic acids is 3. The second-order valence-corrected chi connectivity index (χ2v) is 9.24. The summed E-state index contributed by atoms with van der Waals surface area (Å²) in [5, 5.41) is 58.7. The van der Waals surface area contributed by atoms with Gasteiger partial charge in [0.25, 0.3) is 0 Å². The smallest absolute Gasteiger partial charge is 0.303 e. The van der Waals surface area contributed by atoms with E-state index in [4.69, 9.17) is 47.8 Å². The number of hydrogen-bond acceptors (Lipinski definition) is 15. The Labute approximate surface area is 265 Å². The highest BCUT2D eigenvalue weighted by Crippen LogP contribution is 2.11. The van der Waals surface area contributed by atoms with Crippen molar-refractivity contribution in [1.82, 2.24) is 15.0 Å². The molecule has 0 saturated carbocycles. The van der Waals surface area contributed by atoms with E-state index in [9.17, 15) is 14.4 Å². The summed E-state index contributed by atoms with van der Waals surface area (Å²) in [4.78, 5) is 44.8. The van der Waals surface area contributed by atoms with Crippen LogP contribution >= 0.6 is 0 Å². The molecule has 0 aliphatic rings. The molecule has 0 aliphatic heterocycles. The molecule has 15 N–H and O–H groups in total. The van der Waals surface area contributed by atoms with Gasteiger partial charge in [0.2, 0.25) is 17.8 Å². The average Bonchev–Trinajstić information content (AvgIpc) is 3.02. The van der Waals surface area contributed by atoms with Crippen molar-refractivity contribution in [3.63, 3.8) is 0 Å². The molecule has 18 nitrogen and oxygen atoms in total. The van der Waals surface area contributed by atoms with Crippen LogP contribution in [0.3, 0.4) is 0 Å². The molecule has 0 saturated heterocycles. The number of nitrogens with one attached hydrogen (secondary N) is 3. The molecule has 1 aromatic heterocycles. The van der Waals surface area contributed by atoms with Crippen LogP contribution in [0.25, 0.3) is 0 Å². The predicted molar refractivity (Wildman–Crippen MR) is 172 cm³/mol. The minimum atomic E-state index is -0.794. The van der Waals surface area contributed by atoms with Crippen molar-refractivity contribution in [2.45, 2.75) is 77.0 Å². The molecule has 0 amide bonds. The zero-order valence-corrected chi connectivity index (χ0v) is 26.3. The summed E-state index contributed by atoms with van der Waals surface area (Å²) in [5.41, 5.74) is 14.3. The lowest BCUT2D eigenvalue weighted by Crippen LogP contribution is -2.14. The van der Waals surface area contributed by atoms with Crippen LogP contribution in [0.1, 0.15) is 77.0 Å². The van der Waals surface area contributed by atoms with Crippen molar-refractivity contribution >= 4 is 35.8 Å². The maximum Gasteiger partial charge on any atom is 0.303 e. The molecule has 0 spiro atoms. The van der Waals surface area contributed by atoms with Crippen molar-refractivity contribution in [1.29, 1.82) is 0 Å². The molecule has 264 valence electrons. The predicted octanol–water partition coefficient (Wildman–Crippen LogP) is -0.145. The lowest BCUT2D eigenvalue weighted by molar-refractivity contribution is -0.138. The summed E-state index contributed by atoms with van der Waals surface area (Å²) in [7, 11) is 0. The Morgan fingerprint density at radius 1 is 0.467 bits per heavy atom. The first-order chi connectivity index (χ1) is 21.6. The van der Waals surface area contributed by atoms with Crippen LogP contribution in [0.5, 0.6) is 0 Å². The first kappa shape index (κ1) is 46.0. The number of unbranched alkanes of at least 4 members (excludes halogenated alkanes) is 6. The van der Waals surface area contributed by atoms with E-state index in [1.54, 1.807) is 0 Å². The van der Waals surface area contributed by atoms with Crippen LogP contribution in [0.15, 0.2) is 0 Å². The normalized spacial score (nSPS) is 9.73. The summed E-state index contributed by atoms with van der Waals surface area (Å²) in [6.45, 7) is 3.23. The van der Waals surface area contributed by atoms with E-state index >= 15 is 0 Å². The third-order valence-corrected chi connectivity index (χ3v) is 5.07. The highest BCUT2D eigenvalue weighted by molar-refractivity contribution is 5.67. The molecule has 0 fully saturated rings. The molecule has 0 aromatic carbocycles. The molecular formula is C27H57N9O9. The Bertz CT molecular complexity index is 718. The minimum Gasteiger partial charge on any atom is -0.481 e. The van der Waals surface area contributed by atoms with Gasteiger partial charge < -0.3 is 63.8 Å². The van der Waals surface area contributed by atoms with Gasteiger partial charge in [0, 0.05) is 58.5 Å². The fourth-order valence-corrected chi connectivity index (χ4v) is 2.95. The zero-order valence-electron chi connectivity index (χ0n) is 26.3. The Kier molecular flexibility index (Phi) is 37.6. The monoisotopic (exact) mass is 651 g/mol. The molecule has 1 heterocycles. The van der Waals surface area contributed by atoms with Gasteiger partial charge in [0.1, 0.15) is 0 Å². The van der Waals surface area contributed by atoms with Crippen LogP contribution in [0, 0.1) is 0 Å². The van der Waals surface area contributed by atoms with Crippen LogP contribution < -0.4 is 33.2 Å². The molecule has 45 heavy (non-hydrogen) atoms. The molecule has 1 rings (SSSR count). The largest absolute Gasteiger partial charge is 0.481 e. The summed E-state index contributed by atoms with van der Waals surface area (Å²) in [5.74, 6) is -1.16. The number of aromatic nitrogens is 3. The van der Waals surface area contributed by atoms with Crippen LogP contribution in [-0.4, -0.2) is 123 Å². The van der Waals surface area contributed by atoms with Crippen LogP contribution in [0.4, 0.5) is 17.8 Å². The van der Waals surface area contributed by atoms with Gasteiger partial charge in [0.05, 0.1) is 19.8 Å². The van der Waals surface area contributed by atoms with Gasteiger partial charge in [-0.15, -0.1) is 0 Å². The van der Waals surface area contributed by atoms with Gasteiger partial charge in [-0.1, -0.05) is 19.3 Å².